The number of halogens is 1. The van der Waals surface area contributed by atoms with Crippen LogP contribution in [0.2, 0.25) is 0 Å². The van der Waals surface area contributed by atoms with Gasteiger partial charge in [-0.2, -0.15) is 0 Å². The predicted molar refractivity (Wildman–Crippen MR) is 415 cm³/mol. The van der Waals surface area contributed by atoms with Gasteiger partial charge < -0.3 is 13.6 Å². The summed E-state index contributed by atoms with van der Waals surface area (Å²) in [6, 6.07) is 3.67. The van der Waals surface area contributed by atoms with Gasteiger partial charge in [-0.1, -0.05) is 33.7 Å². The van der Waals surface area contributed by atoms with Crippen molar-refractivity contribution in [1.29, 1.82) is 0 Å². The minimum atomic E-state index is -2.53. The summed E-state index contributed by atoms with van der Waals surface area (Å²) in [5, 5.41) is 8.14. The Morgan fingerprint density at radius 2 is 0.682 bits per heavy atom. The standard InChI is InChI=1S/C8H14NO3P.C5H6BrNO.CH4.S44/c1-4-11-13(3,10)6-8-5-7(2)9-12-8;1-4-2-5(3-6)8-7-4;;1-3-5-7-9-11-13-15-17-19-21-23-25-27-29-31-33-35-37-39-41-43-44-42-40-38-36-34-32-30-28-26-24-22-20-18-16-14-12-10-8-6-4-2/h5H,4,6H2,1-3H3;2H,3H2,1H3;1H4;. The van der Waals surface area contributed by atoms with Crippen molar-refractivity contribution in [3.05, 3.63) is 35.0 Å². The van der Waals surface area contributed by atoms with Crippen LogP contribution in [0, 0.1) is 13.8 Å². The zero-order valence-corrected chi connectivity index (χ0v) is 69.0. The summed E-state index contributed by atoms with van der Waals surface area (Å²) >= 11 is 12.9. The molecule has 0 radical (unpaired) electrons. The van der Waals surface area contributed by atoms with Crippen molar-refractivity contribution < 1.29 is 18.1 Å². The van der Waals surface area contributed by atoms with Gasteiger partial charge in [0.2, 0.25) is 7.37 Å². The summed E-state index contributed by atoms with van der Waals surface area (Å²) in [5.41, 5.74) is 1.73. The molecule has 6 nitrogen and oxygen atoms in total. The molecule has 2 heterocycles. The largest absolute Gasteiger partial charge is 0.361 e. The number of aromatic nitrogens is 2. The monoisotopic (exact) mass is 1800 g/mol. The summed E-state index contributed by atoms with van der Waals surface area (Å²) in [6.07, 6.45) is 0.321. The molecular formula is C14H24BrN2O4PS44. The maximum absolute atomic E-state index is 11.7. The fraction of sp³-hybridized carbons (Fsp3) is 0.571. The van der Waals surface area contributed by atoms with E-state index in [1.165, 1.54) is 17.8 Å². The van der Waals surface area contributed by atoms with Gasteiger partial charge in [-0.25, -0.2) is 0 Å². The predicted octanol–water partition coefficient (Wildman–Crippen LogP) is 4.84. The van der Waals surface area contributed by atoms with E-state index in [1.807, 2.05) is 275 Å². The molecule has 0 aliphatic heterocycles. The smallest absolute Gasteiger partial charge is 0.207 e. The van der Waals surface area contributed by atoms with Crippen LogP contribution in [-0.2, 0) is 416 Å². The highest BCUT2D eigenvalue weighted by molar-refractivity contribution is 9.08. The zero-order valence-electron chi connectivity index (χ0n) is 30.6. The maximum Gasteiger partial charge on any atom is 0.207 e. The van der Waals surface area contributed by atoms with Crippen LogP contribution in [0.1, 0.15) is 37.3 Å². The molecule has 0 saturated carbocycles. The number of nitrogens with zero attached hydrogens (tertiary/aromatic N) is 2. The summed E-state index contributed by atoms with van der Waals surface area (Å²) < 4.78 is 26.6. The Kier molecular flexibility index (Phi) is 73.3. The Bertz CT molecular complexity index is 3750. The number of rotatable bonds is 5. The van der Waals surface area contributed by atoms with E-state index in [0.717, 1.165) is 22.5 Å². The Morgan fingerprint density at radius 1 is 0.470 bits per heavy atom. The number of alkyl halides is 1. The number of hydrogen-bond donors (Lipinski definition) is 0. The van der Waals surface area contributed by atoms with E-state index in [0.29, 0.717) is 18.5 Å². The van der Waals surface area contributed by atoms with Crippen LogP contribution in [-0.4, -0.2) is 23.6 Å². The molecule has 2 aromatic rings. The van der Waals surface area contributed by atoms with Crippen LogP contribution in [0.3, 0.4) is 0 Å². The number of aryl methyl sites for hydroxylation is 2. The molecule has 0 amide bonds. The third-order valence-electron chi connectivity index (χ3n) is 3.47. The molecule has 0 aromatic carbocycles. The third-order valence-corrected chi connectivity index (χ3v) is 96.8. The first-order valence-corrected chi connectivity index (χ1v) is 74.4. The Morgan fingerprint density at radius 3 is 0.833 bits per heavy atom. The third kappa shape index (κ3) is 60.4. The van der Waals surface area contributed by atoms with Gasteiger partial charge in [-0.15, -0.1) is 0 Å². The molecule has 2 rings (SSSR count). The van der Waals surface area contributed by atoms with E-state index in [-0.39, 0.29) is 7.43 Å². The molecule has 0 N–H and O–H groups in total. The van der Waals surface area contributed by atoms with Crippen molar-refractivity contribution in [2.45, 2.75) is 39.7 Å². The fourth-order valence-electron chi connectivity index (χ4n) is 2.03. The fourth-order valence-corrected chi connectivity index (χ4v) is 113. The normalized spacial score (nSPS) is 9.41. The van der Waals surface area contributed by atoms with Crippen LogP contribution in [0.5, 0.6) is 0 Å². The van der Waals surface area contributed by atoms with E-state index in [9.17, 15) is 4.57 Å². The Balaban J connectivity index is 0. The van der Waals surface area contributed by atoms with E-state index in [1.54, 1.807) is 119 Å². The van der Waals surface area contributed by atoms with E-state index in [2.05, 4.69) is 26.2 Å². The lowest BCUT2D eigenvalue weighted by Gasteiger charge is -2.09. The molecular weight excluding hydrogens is 1780 g/mol. The highest BCUT2D eigenvalue weighted by Crippen LogP contribution is 2.46. The highest BCUT2D eigenvalue weighted by Gasteiger charge is 2.18. The first kappa shape index (κ1) is 76.8. The van der Waals surface area contributed by atoms with Gasteiger partial charge in [-0.3, -0.25) is 4.57 Å². The second-order valence-electron chi connectivity index (χ2n) is 7.45. The van der Waals surface area contributed by atoms with Crippen molar-refractivity contribution in [2.24, 2.45) is 0 Å². The van der Waals surface area contributed by atoms with Gasteiger partial charge in [-0.05, 0) is 20.8 Å². The van der Waals surface area contributed by atoms with Crippen LogP contribution in [0.25, 0.3) is 0 Å². The SMILES string of the molecule is C.CCOP(C)(=O)Cc1cc(C)no1.Cc1cc(CBr)on1.S=S=S=S=S=S=S=S=S=S=S=S=S=S=S=S=S=S=S=S=S=S=S=S=S=S=S=S=S=S=S=S=S=S=S=S=S=S=S=S=S=S=S=S. The molecule has 1 atom stereocenters. The molecule has 390 valence electrons. The molecule has 1 unspecified atom stereocenters. The maximum atomic E-state index is 11.7. The second-order valence-corrected chi connectivity index (χ2v) is 84.9. The Labute approximate surface area is 522 Å². The van der Waals surface area contributed by atoms with Gasteiger partial charge >= 0.3 is 0 Å². The average molecular weight is 1810 g/mol. The van der Waals surface area contributed by atoms with Crippen molar-refractivity contribution in [2.75, 3.05) is 13.3 Å². The molecule has 0 saturated heterocycles. The average Bonchev–Trinajstić information content (AvgIpc) is 3.92. The molecule has 52 heteroatoms. The molecule has 0 aliphatic rings. The first-order valence-electron chi connectivity index (χ1n) is 13.6. The van der Waals surface area contributed by atoms with Crippen molar-refractivity contribution in [3.8, 4) is 0 Å². The van der Waals surface area contributed by atoms with Crippen molar-refractivity contribution in [1.82, 2.24) is 10.3 Å². The summed E-state index contributed by atoms with van der Waals surface area (Å²) in [7, 11) is 72.2. The molecule has 0 bridgehead atoms. The molecule has 0 aliphatic carbocycles. The van der Waals surface area contributed by atoms with Crippen LogP contribution in [0.15, 0.2) is 21.2 Å². The lowest BCUT2D eigenvalue weighted by Crippen LogP contribution is -1.91. The summed E-state index contributed by atoms with van der Waals surface area (Å²) in [6.45, 7) is 7.61. The first-order chi connectivity index (χ1) is 31.8. The minimum Gasteiger partial charge on any atom is -0.361 e. The van der Waals surface area contributed by atoms with Crippen LogP contribution in [0.4, 0.5) is 0 Å². The van der Waals surface area contributed by atoms with Gasteiger partial charge in [0, 0.05) is 414 Å². The number of hydrogen-bond acceptors (Lipinski definition) is 8. The molecule has 66 heavy (non-hydrogen) atoms. The van der Waals surface area contributed by atoms with E-state index < -0.39 is 7.37 Å². The van der Waals surface area contributed by atoms with E-state index >= 15 is 0 Å². The minimum absolute atomic E-state index is 0. The van der Waals surface area contributed by atoms with Gasteiger partial charge in [0.15, 0.2) is 0 Å². The molecule has 2 aromatic heterocycles. The molecule has 0 spiro atoms. The summed E-state index contributed by atoms with van der Waals surface area (Å²) in [4.78, 5) is 0. The van der Waals surface area contributed by atoms with Gasteiger partial charge in [0.1, 0.15) is 11.5 Å². The Hall–Kier alpha value is 8.77. The molecule has 0 fully saturated rings. The van der Waals surface area contributed by atoms with Crippen molar-refractivity contribution in [3.63, 3.8) is 0 Å². The topological polar surface area (TPSA) is 78.4 Å². The van der Waals surface area contributed by atoms with Gasteiger partial charge in [0.05, 0.1) is 29.5 Å². The lowest BCUT2D eigenvalue weighted by molar-refractivity contribution is 0.328. The van der Waals surface area contributed by atoms with Crippen LogP contribution >= 0.6 is 23.3 Å². The highest BCUT2D eigenvalue weighted by atomic mass is 79.9. The second kappa shape index (κ2) is 63.0. The zero-order chi connectivity index (χ0) is 47.6. The van der Waals surface area contributed by atoms with Crippen molar-refractivity contribution >= 4 is 419 Å². The summed E-state index contributed by atoms with van der Waals surface area (Å²) in [5.74, 6) is 1.50. The quantitative estimate of drug-likeness (QED) is 0.312. The van der Waals surface area contributed by atoms with Gasteiger partial charge in [0.25, 0.3) is 0 Å². The van der Waals surface area contributed by atoms with E-state index in [4.69, 9.17) is 35.9 Å². The van der Waals surface area contributed by atoms with Crippen LogP contribution < -0.4 is 0 Å². The lowest BCUT2D eigenvalue weighted by atomic mass is 10.4.